The Morgan fingerprint density at radius 2 is 1.83 bits per heavy atom. The Hall–Kier alpha value is -3.55. The van der Waals surface area contributed by atoms with Crippen molar-refractivity contribution in [2.75, 3.05) is 0 Å². The first-order chi connectivity index (χ1) is 13.7. The van der Waals surface area contributed by atoms with Crippen LogP contribution in [-0.2, 0) is 6.54 Å². The summed E-state index contributed by atoms with van der Waals surface area (Å²) in [5.74, 6) is 0.391. The van der Waals surface area contributed by atoms with Crippen molar-refractivity contribution in [3.05, 3.63) is 75.7 Å². The van der Waals surface area contributed by atoms with Crippen molar-refractivity contribution in [2.24, 2.45) is 0 Å². The Labute approximate surface area is 168 Å². The van der Waals surface area contributed by atoms with E-state index in [-0.39, 0.29) is 29.6 Å². The molecule has 3 aromatic rings. The molecule has 0 spiro atoms. The van der Waals surface area contributed by atoms with Crippen molar-refractivity contribution >= 4 is 11.6 Å². The standard InChI is InChI=1S/C21H22N4O4/c1-14-16(11-8-12-17(14)25(27)28)20(26)24(21(2,3)4)13-18-22-19(23-29-18)15-9-6-5-7-10-15/h5-12H,13H2,1-4H3. The molecule has 0 radical (unpaired) electrons. The maximum atomic E-state index is 13.3. The Kier molecular flexibility index (Phi) is 5.45. The van der Waals surface area contributed by atoms with E-state index in [4.69, 9.17) is 4.52 Å². The number of nitro groups is 1. The lowest BCUT2D eigenvalue weighted by Gasteiger charge is -2.35. The molecule has 0 aliphatic carbocycles. The molecule has 1 amide bonds. The Balaban J connectivity index is 1.92. The molecule has 0 unspecified atom stereocenters. The van der Waals surface area contributed by atoms with Gasteiger partial charge in [-0.1, -0.05) is 41.6 Å². The van der Waals surface area contributed by atoms with Crippen LogP contribution < -0.4 is 0 Å². The highest BCUT2D eigenvalue weighted by Crippen LogP contribution is 2.26. The van der Waals surface area contributed by atoms with Gasteiger partial charge in [-0.3, -0.25) is 14.9 Å². The van der Waals surface area contributed by atoms with Gasteiger partial charge in [-0.2, -0.15) is 4.98 Å². The summed E-state index contributed by atoms with van der Waals surface area (Å²) in [6.07, 6.45) is 0. The zero-order valence-corrected chi connectivity index (χ0v) is 16.7. The topological polar surface area (TPSA) is 102 Å². The fourth-order valence-electron chi connectivity index (χ4n) is 2.97. The number of hydrogen-bond donors (Lipinski definition) is 0. The molecule has 150 valence electrons. The van der Waals surface area contributed by atoms with Gasteiger partial charge in [0.1, 0.15) is 6.54 Å². The lowest BCUT2D eigenvalue weighted by atomic mass is 10.0. The van der Waals surface area contributed by atoms with Crippen LogP contribution in [0.3, 0.4) is 0 Å². The molecule has 1 aromatic heterocycles. The van der Waals surface area contributed by atoms with E-state index < -0.39 is 10.5 Å². The minimum atomic E-state index is -0.574. The third-order valence-corrected chi connectivity index (χ3v) is 4.58. The lowest BCUT2D eigenvalue weighted by molar-refractivity contribution is -0.385. The predicted octanol–water partition coefficient (Wildman–Crippen LogP) is 4.39. The van der Waals surface area contributed by atoms with Crippen molar-refractivity contribution in [1.82, 2.24) is 15.0 Å². The van der Waals surface area contributed by atoms with E-state index in [2.05, 4.69) is 10.1 Å². The van der Waals surface area contributed by atoms with Crippen LogP contribution in [0.2, 0.25) is 0 Å². The molecule has 0 N–H and O–H groups in total. The van der Waals surface area contributed by atoms with Crippen molar-refractivity contribution < 1.29 is 14.2 Å². The molecule has 0 aliphatic heterocycles. The van der Waals surface area contributed by atoms with E-state index in [9.17, 15) is 14.9 Å². The molecule has 0 fully saturated rings. The van der Waals surface area contributed by atoms with Crippen LogP contribution in [0.1, 0.15) is 42.6 Å². The van der Waals surface area contributed by atoms with Crippen molar-refractivity contribution in [2.45, 2.75) is 39.8 Å². The summed E-state index contributed by atoms with van der Waals surface area (Å²) in [7, 11) is 0. The first-order valence-electron chi connectivity index (χ1n) is 9.12. The van der Waals surface area contributed by atoms with Gasteiger partial charge in [-0.25, -0.2) is 0 Å². The second-order valence-electron chi connectivity index (χ2n) is 7.65. The fourth-order valence-corrected chi connectivity index (χ4v) is 2.97. The van der Waals surface area contributed by atoms with Crippen molar-refractivity contribution in [1.29, 1.82) is 0 Å². The molecule has 0 atom stereocenters. The van der Waals surface area contributed by atoms with Crippen LogP contribution in [0.5, 0.6) is 0 Å². The van der Waals surface area contributed by atoms with Crippen LogP contribution in [-0.4, -0.2) is 31.4 Å². The summed E-state index contributed by atoms with van der Waals surface area (Å²) in [4.78, 5) is 30.0. The van der Waals surface area contributed by atoms with Gasteiger partial charge < -0.3 is 9.42 Å². The van der Waals surface area contributed by atoms with E-state index >= 15 is 0 Å². The number of amides is 1. The predicted molar refractivity (Wildman–Crippen MR) is 107 cm³/mol. The van der Waals surface area contributed by atoms with Crippen LogP contribution in [0, 0.1) is 17.0 Å². The molecule has 0 saturated heterocycles. The van der Waals surface area contributed by atoms with Gasteiger partial charge in [-0.05, 0) is 33.8 Å². The maximum Gasteiger partial charge on any atom is 0.273 e. The Morgan fingerprint density at radius 3 is 2.45 bits per heavy atom. The van der Waals surface area contributed by atoms with Crippen LogP contribution in [0.15, 0.2) is 53.1 Å². The molecule has 2 aromatic carbocycles. The molecule has 0 bridgehead atoms. The molecule has 29 heavy (non-hydrogen) atoms. The molecule has 0 aliphatic rings. The quantitative estimate of drug-likeness (QED) is 0.470. The number of carbonyl (C=O) groups is 1. The molecule has 3 rings (SSSR count). The summed E-state index contributed by atoms with van der Waals surface area (Å²) in [6, 6.07) is 13.9. The monoisotopic (exact) mass is 394 g/mol. The minimum absolute atomic E-state index is 0.0876. The van der Waals surface area contributed by atoms with Gasteiger partial charge in [0.05, 0.1) is 4.92 Å². The first-order valence-corrected chi connectivity index (χ1v) is 9.12. The van der Waals surface area contributed by atoms with E-state index in [1.807, 2.05) is 51.1 Å². The summed E-state index contributed by atoms with van der Waals surface area (Å²) >= 11 is 0. The molecule has 1 heterocycles. The second-order valence-corrected chi connectivity index (χ2v) is 7.65. The van der Waals surface area contributed by atoms with E-state index in [0.29, 0.717) is 11.4 Å². The largest absolute Gasteiger partial charge is 0.337 e. The van der Waals surface area contributed by atoms with Crippen LogP contribution >= 0.6 is 0 Å². The zero-order chi connectivity index (χ0) is 21.2. The van der Waals surface area contributed by atoms with Gasteiger partial charge >= 0.3 is 0 Å². The Bertz CT molecular complexity index is 1040. The summed E-state index contributed by atoms with van der Waals surface area (Å²) < 4.78 is 5.36. The van der Waals surface area contributed by atoms with Gasteiger partial charge in [-0.15, -0.1) is 0 Å². The summed E-state index contributed by atoms with van der Waals surface area (Å²) in [5.41, 5.74) is 0.749. The first kappa shape index (κ1) is 20.2. The van der Waals surface area contributed by atoms with E-state index in [1.165, 1.54) is 12.1 Å². The normalized spacial score (nSPS) is 11.3. The van der Waals surface area contributed by atoms with Gasteiger partial charge in [0.15, 0.2) is 0 Å². The SMILES string of the molecule is Cc1c(C(=O)N(Cc2nc(-c3ccccc3)no2)C(C)(C)C)cccc1[N+](=O)[O-]. The second kappa shape index (κ2) is 7.83. The Morgan fingerprint density at radius 1 is 1.14 bits per heavy atom. The maximum absolute atomic E-state index is 13.3. The highest BCUT2D eigenvalue weighted by molar-refractivity contribution is 5.97. The molecular formula is C21H22N4O4. The number of nitrogens with zero attached hydrogens (tertiary/aromatic N) is 4. The minimum Gasteiger partial charge on any atom is -0.337 e. The molecule has 8 heteroatoms. The smallest absolute Gasteiger partial charge is 0.273 e. The highest BCUT2D eigenvalue weighted by atomic mass is 16.6. The number of carbonyl (C=O) groups excluding carboxylic acids is 1. The van der Waals surface area contributed by atoms with E-state index in [0.717, 1.165) is 5.56 Å². The molecule has 8 nitrogen and oxygen atoms in total. The average molecular weight is 394 g/mol. The zero-order valence-electron chi connectivity index (χ0n) is 16.7. The average Bonchev–Trinajstić information content (AvgIpc) is 3.14. The van der Waals surface area contributed by atoms with Gasteiger partial charge in [0.25, 0.3) is 11.6 Å². The third kappa shape index (κ3) is 4.31. The fraction of sp³-hybridized carbons (Fsp3) is 0.286. The van der Waals surface area contributed by atoms with Gasteiger partial charge in [0, 0.05) is 28.3 Å². The van der Waals surface area contributed by atoms with E-state index in [1.54, 1.807) is 17.9 Å². The van der Waals surface area contributed by atoms with Crippen molar-refractivity contribution in [3.63, 3.8) is 0 Å². The number of hydrogen-bond acceptors (Lipinski definition) is 6. The summed E-state index contributed by atoms with van der Waals surface area (Å²) in [6.45, 7) is 7.31. The highest BCUT2D eigenvalue weighted by Gasteiger charge is 2.31. The number of rotatable bonds is 5. The van der Waals surface area contributed by atoms with Crippen molar-refractivity contribution in [3.8, 4) is 11.4 Å². The number of aromatic nitrogens is 2. The number of benzene rings is 2. The lowest BCUT2D eigenvalue weighted by Crippen LogP contribution is -2.45. The van der Waals surface area contributed by atoms with Crippen LogP contribution in [0.25, 0.3) is 11.4 Å². The van der Waals surface area contributed by atoms with Gasteiger partial charge in [0.2, 0.25) is 11.7 Å². The summed E-state index contributed by atoms with van der Waals surface area (Å²) in [5, 5.41) is 15.2. The third-order valence-electron chi connectivity index (χ3n) is 4.58. The molecular weight excluding hydrogens is 372 g/mol. The van der Waals surface area contributed by atoms with Crippen LogP contribution in [0.4, 0.5) is 5.69 Å². The number of nitro benzene ring substituents is 1. The molecule has 0 saturated carbocycles.